The average molecular weight is 491 g/mol. The van der Waals surface area contributed by atoms with Crippen molar-refractivity contribution in [2.75, 3.05) is 0 Å². The molecule has 0 aliphatic heterocycles. The van der Waals surface area contributed by atoms with E-state index >= 15 is 0 Å². The summed E-state index contributed by atoms with van der Waals surface area (Å²) in [7, 11) is 0. The van der Waals surface area contributed by atoms with Gasteiger partial charge in [0, 0.05) is 23.6 Å². The zero-order valence-corrected chi connectivity index (χ0v) is 23.5. The molecule has 3 rings (SSSR count). The Morgan fingerprint density at radius 3 is 1.19 bits per heavy atom. The first-order valence-electron chi connectivity index (χ1n) is 13.8. The van der Waals surface area contributed by atoms with Crippen molar-refractivity contribution in [3.05, 3.63) is 57.6 Å². The summed E-state index contributed by atoms with van der Waals surface area (Å²) >= 11 is 0. The molecule has 2 aromatic rings. The molecule has 0 spiro atoms. The van der Waals surface area contributed by atoms with Crippen molar-refractivity contribution in [1.82, 2.24) is 0 Å². The Bertz CT molecular complexity index is 1000. The molecule has 2 aromatic carbocycles. The number of hydrogen-bond acceptors (Lipinski definition) is 4. The van der Waals surface area contributed by atoms with Crippen molar-refractivity contribution in [2.24, 2.45) is 9.98 Å². The zero-order chi connectivity index (χ0) is 26.6. The van der Waals surface area contributed by atoms with Crippen molar-refractivity contribution >= 4 is 12.4 Å². The molecule has 4 heteroatoms. The zero-order valence-electron chi connectivity index (χ0n) is 23.5. The van der Waals surface area contributed by atoms with Crippen LogP contribution in [0.2, 0.25) is 0 Å². The van der Waals surface area contributed by atoms with Crippen LogP contribution in [0, 0.1) is 0 Å². The molecule has 0 heterocycles. The summed E-state index contributed by atoms with van der Waals surface area (Å²) in [4.78, 5) is 9.73. The van der Waals surface area contributed by atoms with E-state index in [1.807, 2.05) is 12.4 Å². The number of nitrogens with zero attached hydrogens (tertiary/aromatic N) is 2. The van der Waals surface area contributed by atoms with Gasteiger partial charge in [-0.25, -0.2) is 0 Å². The fourth-order valence-corrected chi connectivity index (χ4v) is 4.88. The van der Waals surface area contributed by atoms with Crippen LogP contribution in [0.4, 0.5) is 0 Å². The van der Waals surface area contributed by atoms with E-state index in [1.165, 1.54) is 11.1 Å². The second-order valence-corrected chi connectivity index (χ2v) is 11.7. The Labute approximate surface area is 218 Å². The molecule has 0 radical (unpaired) electrons. The predicted molar refractivity (Wildman–Crippen MR) is 154 cm³/mol. The molecule has 4 nitrogen and oxygen atoms in total. The molecule has 0 bridgehead atoms. The van der Waals surface area contributed by atoms with Crippen molar-refractivity contribution < 1.29 is 10.2 Å². The van der Waals surface area contributed by atoms with Crippen molar-refractivity contribution in [2.45, 2.75) is 117 Å². The maximum absolute atomic E-state index is 10.8. The summed E-state index contributed by atoms with van der Waals surface area (Å²) in [6.45, 7) is 17.2. The first-order valence-corrected chi connectivity index (χ1v) is 13.8. The van der Waals surface area contributed by atoms with Crippen molar-refractivity contribution in [3.8, 4) is 11.5 Å². The Morgan fingerprint density at radius 1 is 0.583 bits per heavy atom. The SMILES string of the molecule is CC(C)c1cc(C=NC2CCC(N=Cc3cc(C(C)C)cc(C(C)C)c3O)CC2)c(O)c(C(C)C)c1. The molecule has 36 heavy (non-hydrogen) atoms. The van der Waals surface area contributed by atoms with Gasteiger partial charge in [-0.15, -0.1) is 0 Å². The number of benzene rings is 2. The molecule has 1 aliphatic carbocycles. The van der Waals surface area contributed by atoms with Crippen molar-refractivity contribution in [3.63, 3.8) is 0 Å². The quantitative estimate of drug-likeness (QED) is 0.365. The van der Waals surface area contributed by atoms with Gasteiger partial charge in [0.1, 0.15) is 11.5 Å². The van der Waals surface area contributed by atoms with Crippen LogP contribution in [0.3, 0.4) is 0 Å². The molecular formula is C32H46N2O2. The molecule has 1 aliphatic rings. The molecule has 0 atom stereocenters. The topological polar surface area (TPSA) is 65.2 Å². The highest BCUT2D eigenvalue weighted by Crippen LogP contribution is 2.34. The van der Waals surface area contributed by atoms with Gasteiger partial charge in [0.15, 0.2) is 0 Å². The van der Waals surface area contributed by atoms with E-state index in [4.69, 9.17) is 9.98 Å². The largest absolute Gasteiger partial charge is 0.507 e. The molecule has 1 saturated carbocycles. The average Bonchev–Trinajstić information content (AvgIpc) is 2.82. The molecule has 1 fully saturated rings. The van der Waals surface area contributed by atoms with E-state index in [9.17, 15) is 10.2 Å². The highest BCUT2D eigenvalue weighted by molar-refractivity contribution is 5.85. The fourth-order valence-electron chi connectivity index (χ4n) is 4.88. The van der Waals surface area contributed by atoms with Gasteiger partial charge in [0.05, 0.1) is 12.1 Å². The number of phenols is 2. The van der Waals surface area contributed by atoms with Crippen LogP contribution in [0.5, 0.6) is 11.5 Å². The summed E-state index contributed by atoms with van der Waals surface area (Å²) in [6.07, 6.45) is 7.68. The lowest BCUT2D eigenvalue weighted by Gasteiger charge is -2.24. The van der Waals surface area contributed by atoms with E-state index in [0.29, 0.717) is 23.3 Å². The molecule has 2 N–H and O–H groups in total. The number of phenolic OH excluding ortho intramolecular Hbond substituents is 2. The van der Waals surface area contributed by atoms with Gasteiger partial charge in [-0.1, -0.05) is 67.5 Å². The highest BCUT2D eigenvalue weighted by atomic mass is 16.3. The van der Waals surface area contributed by atoms with Crippen molar-refractivity contribution in [1.29, 1.82) is 0 Å². The lowest BCUT2D eigenvalue weighted by atomic mass is 9.90. The third-order valence-electron chi connectivity index (χ3n) is 7.47. The van der Waals surface area contributed by atoms with Crippen LogP contribution in [0.15, 0.2) is 34.3 Å². The third kappa shape index (κ3) is 6.78. The maximum Gasteiger partial charge on any atom is 0.127 e. The molecule has 196 valence electrons. The molecular weight excluding hydrogens is 444 g/mol. The second-order valence-electron chi connectivity index (χ2n) is 11.7. The van der Waals surface area contributed by atoms with Crippen LogP contribution in [0.25, 0.3) is 0 Å². The van der Waals surface area contributed by atoms with Crippen LogP contribution < -0.4 is 0 Å². The summed E-state index contributed by atoms with van der Waals surface area (Å²) < 4.78 is 0. The van der Waals surface area contributed by atoms with Gasteiger partial charge in [0.25, 0.3) is 0 Å². The number of aromatic hydroxyl groups is 2. The van der Waals surface area contributed by atoms with Gasteiger partial charge in [-0.2, -0.15) is 0 Å². The van der Waals surface area contributed by atoms with Gasteiger partial charge in [0.2, 0.25) is 0 Å². The Kier molecular flexibility index (Phi) is 9.38. The maximum atomic E-state index is 10.8. The lowest BCUT2D eigenvalue weighted by Crippen LogP contribution is -2.20. The molecule has 0 amide bonds. The van der Waals surface area contributed by atoms with Crippen LogP contribution in [0.1, 0.15) is 138 Å². The first-order chi connectivity index (χ1) is 17.0. The number of hydrogen-bond donors (Lipinski definition) is 2. The van der Waals surface area contributed by atoms with E-state index in [2.05, 4.69) is 79.7 Å². The minimum absolute atomic E-state index is 0.256. The third-order valence-corrected chi connectivity index (χ3v) is 7.47. The lowest BCUT2D eigenvalue weighted by molar-refractivity contribution is 0.399. The van der Waals surface area contributed by atoms with Gasteiger partial charge < -0.3 is 10.2 Å². The Morgan fingerprint density at radius 2 is 0.917 bits per heavy atom. The number of rotatable bonds is 8. The minimum Gasteiger partial charge on any atom is -0.507 e. The van der Waals surface area contributed by atoms with Crippen LogP contribution in [-0.4, -0.2) is 34.7 Å². The van der Waals surface area contributed by atoms with Crippen LogP contribution >= 0.6 is 0 Å². The van der Waals surface area contributed by atoms with Gasteiger partial charge in [-0.3, -0.25) is 9.98 Å². The summed E-state index contributed by atoms with van der Waals surface area (Å²) in [6, 6.07) is 8.93. The Hall–Kier alpha value is -2.62. The number of aliphatic imine (C=N–C) groups is 2. The van der Waals surface area contributed by atoms with E-state index in [0.717, 1.165) is 47.9 Å². The first kappa shape index (κ1) is 28.0. The summed E-state index contributed by atoms with van der Waals surface area (Å²) in [5, 5.41) is 21.6. The van der Waals surface area contributed by atoms with E-state index in [1.54, 1.807) is 0 Å². The van der Waals surface area contributed by atoms with Gasteiger partial charge >= 0.3 is 0 Å². The van der Waals surface area contributed by atoms with Crippen LogP contribution in [-0.2, 0) is 0 Å². The van der Waals surface area contributed by atoms with E-state index in [-0.39, 0.29) is 23.9 Å². The van der Waals surface area contributed by atoms with E-state index < -0.39 is 0 Å². The molecule has 0 saturated heterocycles. The minimum atomic E-state index is 0.256. The normalized spacial score (nSPS) is 19.1. The second kappa shape index (κ2) is 12.1. The summed E-state index contributed by atoms with van der Waals surface area (Å²) in [5.74, 6) is 2.06. The smallest absolute Gasteiger partial charge is 0.127 e. The predicted octanol–water partition coefficient (Wildman–Crippen LogP) is 8.44. The monoisotopic (exact) mass is 490 g/mol. The highest BCUT2D eigenvalue weighted by Gasteiger charge is 2.21. The molecule has 0 aromatic heterocycles. The van der Waals surface area contributed by atoms with Gasteiger partial charge in [-0.05, 0) is 83.7 Å². The molecule has 0 unspecified atom stereocenters. The fraction of sp³-hybridized carbons (Fsp3) is 0.562. The summed E-state index contributed by atoms with van der Waals surface area (Å²) in [5.41, 5.74) is 6.11. The standard InChI is InChI=1S/C32H46N2O2/c1-19(2)23-13-25(31(35)29(15-23)21(5)6)17-33-27-9-11-28(12-10-27)34-18-26-14-24(20(3)4)16-30(22(7)8)32(26)36/h13-22,27-28,35-36H,9-12H2,1-8H3. The Balaban J connectivity index is 1.69.